The van der Waals surface area contributed by atoms with Crippen LogP contribution in [-0.2, 0) is 4.79 Å². The summed E-state index contributed by atoms with van der Waals surface area (Å²) in [5.41, 5.74) is 0. The second-order valence-electron chi connectivity index (χ2n) is 4.28. The molecule has 0 amide bonds. The summed E-state index contributed by atoms with van der Waals surface area (Å²) < 4.78 is 0. The van der Waals surface area contributed by atoms with Gasteiger partial charge < -0.3 is 10.4 Å². The normalized spacial score (nSPS) is 29.2. The van der Waals surface area contributed by atoms with E-state index < -0.39 is 5.97 Å². The monoisotopic (exact) mass is 185 g/mol. The van der Waals surface area contributed by atoms with Crippen molar-refractivity contribution in [1.29, 1.82) is 0 Å². The number of nitrogens with one attached hydrogen (secondary N) is 1. The van der Waals surface area contributed by atoms with Gasteiger partial charge in [-0.15, -0.1) is 0 Å². The number of hydrogen-bond acceptors (Lipinski definition) is 2. The number of aliphatic carboxylic acids is 1. The molecule has 1 saturated heterocycles. The van der Waals surface area contributed by atoms with Gasteiger partial charge in [-0.25, -0.2) is 0 Å². The smallest absolute Gasteiger partial charge is 0.308 e. The molecule has 1 fully saturated rings. The Balaban J connectivity index is 2.51. The maximum absolute atomic E-state index is 10.9. The zero-order valence-electron chi connectivity index (χ0n) is 8.42. The van der Waals surface area contributed by atoms with Crippen molar-refractivity contribution in [2.75, 3.05) is 6.54 Å². The van der Waals surface area contributed by atoms with Crippen molar-refractivity contribution >= 4 is 5.97 Å². The summed E-state index contributed by atoms with van der Waals surface area (Å²) in [4.78, 5) is 10.9. The molecule has 1 heterocycles. The summed E-state index contributed by atoms with van der Waals surface area (Å²) in [6.07, 6.45) is 2.79. The van der Waals surface area contributed by atoms with Crippen LogP contribution in [0.3, 0.4) is 0 Å². The van der Waals surface area contributed by atoms with Crippen molar-refractivity contribution in [2.45, 2.75) is 39.2 Å². The summed E-state index contributed by atoms with van der Waals surface area (Å²) >= 11 is 0. The molecular formula is C10H19NO2. The molecule has 0 aromatic heterocycles. The Kier molecular flexibility index (Phi) is 3.72. The van der Waals surface area contributed by atoms with Crippen LogP contribution in [0.5, 0.6) is 0 Å². The Hall–Kier alpha value is -0.570. The van der Waals surface area contributed by atoms with E-state index in [1.54, 1.807) is 0 Å². The fourth-order valence-electron chi connectivity index (χ4n) is 2.00. The number of piperidine rings is 1. The summed E-state index contributed by atoms with van der Waals surface area (Å²) in [6.45, 7) is 5.24. The predicted molar refractivity (Wildman–Crippen MR) is 51.6 cm³/mol. The van der Waals surface area contributed by atoms with Crippen molar-refractivity contribution in [3.63, 3.8) is 0 Å². The molecule has 0 aromatic rings. The maximum Gasteiger partial charge on any atom is 0.308 e. The average Bonchev–Trinajstić information content (AvgIpc) is 2.03. The van der Waals surface area contributed by atoms with Gasteiger partial charge in [-0.3, -0.25) is 4.79 Å². The molecule has 3 nitrogen and oxygen atoms in total. The fraction of sp³-hybridized carbons (Fsp3) is 0.900. The van der Waals surface area contributed by atoms with Crippen molar-refractivity contribution in [3.05, 3.63) is 0 Å². The lowest BCUT2D eigenvalue weighted by Crippen LogP contribution is -2.45. The first-order chi connectivity index (χ1) is 6.11. The van der Waals surface area contributed by atoms with Gasteiger partial charge in [-0.1, -0.05) is 13.8 Å². The number of carboxylic acids is 1. The van der Waals surface area contributed by atoms with E-state index >= 15 is 0 Å². The van der Waals surface area contributed by atoms with E-state index in [9.17, 15) is 4.79 Å². The first-order valence-electron chi connectivity index (χ1n) is 5.07. The second kappa shape index (κ2) is 4.61. The molecule has 0 bridgehead atoms. The second-order valence-corrected chi connectivity index (χ2v) is 4.28. The molecule has 1 aliphatic heterocycles. The zero-order valence-corrected chi connectivity index (χ0v) is 8.42. The van der Waals surface area contributed by atoms with E-state index in [1.165, 1.54) is 0 Å². The lowest BCUT2D eigenvalue weighted by atomic mass is 9.86. The fourth-order valence-corrected chi connectivity index (χ4v) is 2.00. The van der Waals surface area contributed by atoms with Crippen molar-refractivity contribution < 1.29 is 9.90 Å². The van der Waals surface area contributed by atoms with Crippen LogP contribution in [-0.4, -0.2) is 23.7 Å². The number of carbonyl (C=O) groups is 1. The topological polar surface area (TPSA) is 49.3 Å². The standard InChI is InChI=1S/C10H19NO2/c1-7(2)6-9-8(10(12)13)4-3-5-11-9/h7-9,11H,3-6H2,1-2H3,(H,12,13)/t8-,9+/m0/s1. The quantitative estimate of drug-likeness (QED) is 0.700. The van der Waals surface area contributed by atoms with Crippen LogP contribution in [0.15, 0.2) is 0 Å². The van der Waals surface area contributed by atoms with Crippen molar-refractivity contribution in [1.82, 2.24) is 5.32 Å². The van der Waals surface area contributed by atoms with Crippen LogP contribution < -0.4 is 5.32 Å². The maximum atomic E-state index is 10.9. The molecular weight excluding hydrogens is 166 g/mol. The molecule has 3 heteroatoms. The molecule has 2 atom stereocenters. The highest BCUT2D eigenvalue weighted by Crippen LogP contribution is 2.21. The zero-order chi connectivity index (χ0) is 9.84. The molecule has 0 saturated carbocycles. The Morgan fingerprint density at radius 1 is 1.62 bits per heavy atom. The lowest BCUT2D eigenvalue weighted by Gasteiger charge is -2.30. The minimum Gasteiger partial charge on any atom is -0.481 e. The number of carboxylic acid groups (broad SMARTS) is 1. The third-order valence-corrected chi connectivity index (χ3v) is 2.63. The highest BCUT2D eigenvalue weighted by atomic mass is 16.4. The molecule has 0 aliphatic carbocycles. The van der Waals surface area contributed by atoms with Gasteiger partial charge in [-0.05, 0) is 31.7 Å². The summed E-state index contributed by atoms with van der Waals surface area (Å²) in [6, 6.07) is 0.186. The third kappa shape index (κ3) is 2.99. The predicted octanol–water partition coefficient (Wildman–Crippen LogP) is 1.49. The van der Waals surface area contributed by atoms with E-state index in [1.807, 2.05) is 0 Å². The highest BCUT2D eigenvalue weighted by Gasteiger charge is 2.30. The first kappa shape index (κ1) is 10.5. The Bertz CT molecular complexity index is 180. The first-order valence-corrected chi connectivity index (χ1v) is 5.07. The van der Waals surface area contributed by atoms with E-state index in [4.69, 9.17) is 5.11 Å². The summed E-state index contributed by atoms with van der Waals surface area (Å²) in [5, 5.41) is 12.3. The van der Waals surface area contributed by atoms with Gasteiger partial charge in [0, 0.05) is 6.04 Å². The van der Waals surface area contributed by atoms with Crippen molar-refractivity contribution in [2.24, 2.45) is 11.8 Å². The molecule has 0 unspecified atom stereocenters. The highest BCUT2D eigenvalue weighted by molar-refractivity contribution is 5.71. The number of hydrogen-bond donors (Lipinski definition) is 2. The molecule has 76 valence electrons. The van der Waals surface area contributed by atoms with Crippen LogP contribution in [0.25, 0.3) is 0 Å². The van der Waals surface area contributed by atoms with Gasteiger partial charge in [0.1, 0.15) is 0 Å². The van der Waals surface area contributed by atoms with Crippen LogP contribution >= 0.6 is 0 Å². The van der Waals surface area contributed by atoms with E-state index in [0.717, 1.165) is 25.8 Å². The van der Waals surface area contributed by atoms with Gasteiger partial charge in [0.2, 0.25) is 0 Å². The van der Waals surface area contributed by atoms with Crippen molar-refractivity contribution in [3.8, 4) is 0 Å². The van der Waals surface area contributed by atoms with E-state index in [0.29, 0.717) is 5.92 Å². The molecule has 1 rings (SSSR count). The van der Waals surface area contributed by atoms with Gasteiger partial charge in [0.05, 0.1) is 5.92 Å². The number of rotatable bonds is 3. The average molecular weight is 185 g/mol. The minimum atomic E-state index is -0.641. The lowest BCUT2D eigenvalue weighted by molar-refractivity contribution is -0.143. The Labute approximate surface area is 79.5 Å². The summed E-state index contributed by atoms with van der Waals surface area (Å²) in [5.74, 6) is -0.244. The van der Waals surface area contributed by atoms with Crippen LogP contribution in [0.2, 0.25) is 0 Å². The SMILES string of the molecule is CC(C)C[C@H]1NCCC[C@@H]1C(=O)O. The largest absolute Gasteiger partial charge is 0.481 e. The van der Waals surface area contributed by atoms with E-state index in [-0.39, 0.29) is 12.0 Å². The van der Waals surface area contributed by atoms with Gasteiger partial charge in [0.15, 0.2) is 0 Å². The molecule has 0 radical (unpaired) electrons. The minimum absolute atomic E-state index is 0.170. The molecule has 1 aliphatic rings. The van der Waals surface area contributed by atoms with Gasteiger partial charge in [-0.2, -0.15) is 0 Å². The van der Waals surface area contributed by atoms with Gasteiger partial charge in [0.25, 0.3) is 0 Å². The third-order valence-electron chi connectivity index (χ3n) is 2.63. The van der Waals surface area contributed by atoms with Crippen LogP contribution in [0, 0.1) is 11.8 Å². The Morgan fingerprint density at radius 2 is 2.31 bits per heavy atom. The van der Waals surface area contributed by atoms with Gasteiger partial charge >= 0.3 is 5.97 Å². The summed E-state index contributed by atoms with van der Waals surface area (Å²) in [7, 11) is 0. The van der Waals surface area contributed by atoms with Crippen LogP contribution in [0.4, 0.5) is 0 Å². The molecule has 2 N–H and O–H groups in total. The van der Waals surface area contributed by atoms with E-state index in [2.05, 4.69) is 19.2 Å². The molecule has 0 aromatic carbocycles. The Morgan fingerprint density at radius 3 is 2.85 bits per heavy atom. The molecule has 13 heavy (non-hydrogen) atoms. The van der Waals surface area contributed by atoms with Crippen LogP contribution in [0.1, 0.15) is 33.1 Å². The molecule has 0 spiro atoms.